The van der Waals surface area contributed by atoms with Crippen molar-refractivity contribution in [2.75, 3.05) is 19.8 Å². The molecule has 126 valence electrons. The van der Waals surface area contributed by atoms with Crippen LogP contribution in [0.4, 0.5) is 0 Å². The summed E-state index contributed by atoms with van der Waals surface area (Å²) in [4.78, 5) is 12.6. The number of hydrogen-bond acceptors (Lipinski definition) is 2. The van der Waals surface area contributed by atoms with Gasteiger partial charge in [0.2, 0.25) is 0 Å². The highest BCUT2D eigenvalue weighted by Gasteiger charge is 2.34. The summed E-state index contributed by atoms with van der Waals surface area (Å²) in [6.07, 6.45) is 1.87. The number of rotatable bonds is 4. The first kappa shape index (κ1) is 17.4. The molecule has 1 N–H and O–H groups in total. The molecule has 1 heterocycles. The van der Waals surface area contributed by atoms with Crippen molar-refractivity contribution < 1.29 is 9.53 Å². The smallest absolute Gasteiger partial charge is 0.252 e. The van der Waals surface area contributed by atoms with Crippen LogP contribution >= 0.6 is 22.6 Å². The molecule has 0 unspecified atom stereocenters. The third kappa shape index (κ3) is 3.81. The molecule has 2 aromatic rings. The Kier molecular flexibility index (Phi) is 5.56. The van der Waals surface area contributed by atoms with Crippen LogP contribution in [-0.4, -0.2) is 25.7 Å². The number of nitrogens with one attached hydrogen (secondary N) is 1. The Bertz CT molecular complexity index is 709. The lowest BCUT2D eigenvalue weighted by molar-refractivity contribution is 0.0487. The van der Waals surface area contributed by atoms with E-state index in [-0.39, 0.29) is 11.3 Å². The van der Waals surface area contributed by atoms with Gasteiger partial charge in [-0.05, 0) is 60.1 Å². The van der Waals surface area contributed by atoms with E-state index in [1.807, 2.05) is 31.2 Å². The highest BCUT2D eigenvalue weighted by molar-refractivity contribution is 14.1. The number of amides is 1. The van der Waals surface area contributed by atoms with Crippen LogP contribution in [0.15, 0.2) is 48.5 Å². The van der Waals surface area contributed by atoms with Crippen molar-refractivity contribution in [3.8, 4) is 0 Å². The fourth-order valence-electron chi connectivity index (χ4n) is 3.27. The monoisotopic (exact) mass is 435 g/mol. The summed E-state index contributed by atoms with van der Waals surface area (Å²) in [6.45, 7) is 4.17. The van der Waals surface area contributed by atoms with Crippen molar-refractivity contribution in [2.24, 2.45) is 0 Å². The minimum atomic E-state index is -0.0364. The van der Waals surface area contributed by atoms with Crippen molar-refractivity contribution in [1.82, 2.24) is 5.32 Å². The highest BCUT2D eigenvalue weighted by atomic mass is 127. The predicted molar refractivity (Wildman–Crippen MR) is 104 cm³/mol. The van der Waals surface area contributed by atoms with Gasteiger partial charge in [-0.3, -0.25) is 4.79 Å². The van der Waals surface area contributed by atoms with Crippen LogP contribution in [0.3, 0.4) is 0 Å². The molecule has 3 rings (SSSR count). The number of aryl methyl sites for hydroxylation is 1. The molecular weight excluding hydrogens is 413 g/mol. The number of ether oxygens (including phenoxy) is 1. The Hall–Kier alpha value is -1.40. The number of halogens is 1. The molecule has 1 fully saturated rings. The Labute approximate surface area is 156 Å². The van der Waals surface area contributed by atoms with E-state index in [1.54, 1.807) is 0 Å². The minimum absolute atomic E-state index is 0.00111. The molecule has 0 atom stereocenters. The first-order valence-corrected chi connectivity index (χ1v) is 9.36. The summed E-state index contributed by atoms with van der Waals surface area (Å²) in [5.74, 6) is 0.00111. The van der Waals surface area contributed by atoms with E-state index in [9.17, 15) is 4.79 Å². The molecule has 2 aromatic carbocycles. The number of carbonyl (C=O) groups is 1. The molecule has 1 aliphatic rings. The maximum absolute atomic E-state index is 12.6. The molecule has 24 heavy (non-hydrogen) atoms. The first-order valence-electron chi connectivity index (χ1n) is 8.28. The third-order valence-corrected chi connectivity index (χ3v) is 5.69. The fourth-order valence-corrected chi connectivity index (χ4v) is 4.19. The van der Waals surface area contributed by atoms with Crippen LogP contribution in [0, 0.1) is 10.5 Å². The van der Waals surface area contributed by atoms with E-state index >= 15 is 0 Å². The van der Waals surface area contributed by atoms with Gasteiger partial charge in [-0.25, -0.2) is 0 Å². The number of benzene rings is 2. The van der Waals surface area contributed by atoms with Crippen LogP contribution in [0.2, 0.25) is 0 Å². The maximum Gasteiger partial charge on any atom is 0.252 e. The number of hydrogen-bond donors (Lipinski definition) is 1. The summed E-state index contributed by atoms with van der Waals surface area (Å²) in [6, 6.07) is 16.4. The topological polar surface area (TPSA) is 38.3 Å². The van der Waals surface area contributed by atoms with E-state index in [0.29, 0.717) is 6.54 Å². The molecule has 0 aliphatic carbocycles. The molecule has 0 aromatic heterocycles. The summed E-state index contributed by atoms with van der Waals surface area (Å²) in [5, 5.41) is 3.17. The number of carbonyl (C=O) groups excluding carboxylic acids is 1. The first-order chi connectivity index (χ1) is 11.6. The van der Waals surface area contributed by atoms with Gasteiger partial charge in [0.25, 0.3) is 5.91 Å². The second kappa shape index (κ2) is 7.66. The van der Waals surface area contributed by atoms with Crippen LogP contribution in [0.25, 0.3) is 0 Å². The van der Waals surface area contributed by atoms with Crippen molar-refractivity contribution >= 4 is 28.5 Å². The summed E-state index contributed by atoms with van der Waals surface area (Å²) < 4.78 is 6.55. The quantitative estimate of drug-likeness (QED) is 0.736. The molecular formula is C20H22INO2. The van der Waals surface area contributed by atoms with E-state index in [4.69, 9.17) is 4.74 Å². The molecule has 1 saturated heterocycles. The van der Waals surface area contributed by atoms with Crippen LogP contribution in [0.1, 0.15) is 34.3 Å². The largest absolute Gasteiger partial charge is 0.381 e. The van der Waals surface area contributed by atoms with Crippen molar-refractivity contribution in [3.63, 3.8) is 0 Å². The highest BCUT2D eigenvalue weighted by Crippen LogP contribution is 2.34. The van der Waals surface area contributed by atoms with E-state index in [0.717, 1.165) is 35.2 Å². The van der Waals surface area contributed by atoms with Gasteiger partial charge in [0.1, 0.15) is 0 Å². The van der Waals surface area contributed by atoms with Gasteiger partial charge in [-0.1, -0.05) is 42.0 Å². The second-order valence-corrected chi connectivity index (χ2v) is 7.59. The Morgan fingerprint density at radius 3 is 2.54 bits per heavy atom. The molecule has 3 nitrogen and oxygen atoms in total. The molecule has 0 bridgehead atoms. The maximum atomic E-state index is 12.6. The minimum Gasteiger partial charge on any atom is -0.381 e. The van der Waals surface area contributed by atoms with Gasteiger partial charge in [-0.15, -0.1) is 0 Å². The lowest BCUT2D eigenvalue weighted by Gasteiger charge is -2.38. The second-order valence-electron chi connectivity index (χ2n) is 6.42. The lowest BCUT2D eigenvalue weighted by Crippen LogP contribution is -2.44. The zero-order valence-corrected chi connectivity index (χ0v) is 16.0. The lowest BCUT2D eigenvalue weighted by atomic mass is 9.74. The Morgan fingerprint density at radius 1 is 1.17 bits per heavy atom. The molecule has 1 aliphatic heterocycles. The third-order valence-electron chi connectivity index (χ3n) is 4.79. The van der Waals surface area contributed by atoms with Gasteiger partial charge >= 0.3 is 0 Å². The fraction of sp³-hybridized carbons (Fsp3) is 0.350. The van der Waals surface area contributed by atoms with Crippen LogP contribution in [-0.2, 0) is 10.2 Å². The average molecular weight is 435 g/mol. The molecule has 0 saturated carbocycles. The Balaban J connectivity index is 1.78. The van der Waals surface area contributed by atoms with Crippen LogP contribution in [0.5, 0.6) is 0 Å². The van der Waals surface area contributed by atoms with Crippen LogP contribution < -0.4 is 5.32 Å². The summed E-state index contributed by atoms with van der Waals surface area (Å²) in [5.41, 5.74) is 3.16. The zero-order chi connectivity index (χ0) is 17.0. The van der Waals surface area contributed by atoms with Gasteiger partial charge in [-0.2, -0.15) is 0 Å². The molecule has 0 radical (unpaired) electrons. The van der Waals surface area contributed by atoms with Gasteiger partial charge in [0.05, 0.1) is 5.56 Å². The predicted octanol–water partition coefficient (Wildman–Crippen LogP) is 4.08. The van der Waals surface area contributed by atoms with Crippen molar-refractivity contribution in [2.45, 2.75) is 25.2 Å². The SMILES string of the molecule is Cc1ccc(C(=O)NCC2(c3ccccc3)CCOCC2)c(I)c1. The normalized spacial score (nSPS) is 16.6. The van der Waals surface area contributed by atoms with E-state index in [2.05, 4.69) is 52.2 Å². The zero-order valence-electron chi connectivity index (χ0n) is 13.8. The van der Waals surface area contributed by atoms with E-state index in [1.165, 1.54) is 11.1 Å². The van der Waals surface area contributed by atoms with Crippen molar-refractivity contribution in [1.29, 1.82) is 0 Å². The van der Waals surface area contributed by atoms with E-state index < -0.39 is 0 Å². The molecule has 0 spiro atoms. The van der Waals surface area contributed by atoms with Gasteiger partial charge in [0, 0.05) is 28.7 Å². The van der Waals surface area contributed by atoms with Gasteiger partial charge in [0.15, 0.2) is 0 Å². The van der Waals surface area contributed by atoms with Crippen molar-refractivity contribution in [3.05, 3.63) is 68.8 Å². The van der Waals surface area contributed by atoms with Gasteiger partial charge < -0.3 is 10.1 Å². The molecule has 1 amide bonds. The molecule has 4 heteroatoms. The summed E-state index contributed by atoms with van der Waals surface area (Å²) in [7, 11) is 0. The standard InChI is InChI=1S/C20H22INO2/c1-15-7-8-17(18(21)13-15)19(23)22-14-20(9-11-24-12-10-20)16-5-3-2-4-6-16/h2-8,13H,9-12,14H2,1H3,(H,22,23). The summed E-state index contributed by atoms with van der Waals surface area (Å²) >= 11 is 2.23. The Morgan fingerprint density at radius 2 is 1.88 bits per heavy atom. The average Bonchev–Trinajstić information content (AvgIpc) is 2.61.